The van der Waals surface area contributed by atoms with Gasteiger partial charge in [0.2, 0.25) is 0 Å². The minimum atomic E-state index is -0.230. The molecule has 2 aliphatic rings. The molecule has 0 saturated heterocycles. The molecule has 2 N–H and O–H groups in total. The monoisotopic (exact) mass is 325 g/mol. The molecule has 0 radical (unpaired) electrons. The van der Waals surface area contributed by atoms with Gasteiger partial charge in [-0.15, -0.1) is 0 Å². The third-order valence-corrected chi connectivity index (χ3v) is 4.68. The molecule has 2 aromatic carbocycles. The lowest BCUT2D eigenvalue weighted by Gasteiger charge is -2.38. The molecule has 0 spiro atoms. The molecular weight excluding hydrogens is 305 g/mol. The van der Waals surface area contributed by atoms with Crippen LogP contribution in [0.4, 0.5) is 4.39 Å². The first kappa shape index (κ1) is 15.1. The van der Waals surface area contributed by atoms with Crippen LogP contribution in [-0.4, -0.2) is 36.7 Å². The smallest absolute Gasteiger partial charge is 0.288 e. The lowest BCUT2D eigenvalue weighted by molar-refractivity contribution is 0.173. The maximum absolute atomic E-state index is 13.4. The summed E-state index contributed by atoms with van der Waals surface area (Å²) in [5, 5.41) is 0. The lowest BCUT2D eigenvalue weighted by Crippen LogP contribution is -2.41. The molecule has 0 bridgehead atoms. The van der Waals surface area contributed by atoms with Crippen molar-refractivity contribution in [2.45, 2.75) is 18.6 Å². The van der Waals surface area contributed by atoms with Crippen molar-refractivity contribution in [1.82, 2.24) is 4.90 Å². The predicted molar refractivity (Wildman–Crippen MR) is 91.3 cm³/mol. The summed E-state index contributed by atoms with van der Waals surface area (Å²) in [5.41, 5.74) is 9.28. The fourth-order valence-corrected chi connectivity index (χ4v) is 3.46. The van der Waals surface area contributed by atoms with Crippen molar-refractivity contribution in [3.05, 3.63) is 71.0 Å². The normalized spacial score (nSPS) is 22.8. The van der Waals surface area contributed by atoms with Crippen LogP contribution in [0.25, 0.3) is 0 Å². The van der Waals surface area contributed by atoms with E-state index in [4.69, 9.17) is 10.5 Å². The van der Waals surface area contributed by atoms with Crippen LogP contribution in [0.15, 0.2) is 53.5 Å². The number of nitrogens with two attached hydrogens (primary N) is 1. The molecule has 2 heterocycles. The van der Waals surface area contributed by atoms with E-state index < -0.39 is 0 Å². The van der Waals surface area contributed by atoms with Gasteiger partial charge in [0.1, 0.15) is 11.9 Å². The second-order valence-corrected chi connectivity index (χ2v) is 6.20. The van der Waals surface area contributed by atoms with E-state index in [-0.39, 0.29) is 18.0 Å². The minimum absolute atomic E-state index is 0.0224. The molecule has 0 aromatic heterocycles. The molecule has 4 nitrogen and oxygen atoms in total. The second kappa shape index (κ2) is 6.24. The SMILES string of the molecule is NC[C@@H]1CN=C(N2CCc3ccccc3[C@@H]2c2ccc(F)cc2)O1. The van der Waals surface area contributed by atoms with Crippen LogP contribution in [0.2, 0.25) is 0 Å². The van der Waals surface area contributed by atoms with Gasteiger partial charge in [0.05, 0.1) is 12.6 Å². The first-order valence-corrected chi connectivity index (χ1v) is 8.27. The summed E-state index contributed by atoms with van der Waals surface area (Å²) in [6.07, 6.45) is 0.884. The van der Waals surface area contributed by atoms with Gasteiger partial charge in [0, 0.05) is 13.1 Å². The highest BCUT2D eigenvalue weighted by atomic mass is 19.1. The predicted octanol–water partition coefficient (Wildman–Crippen LogP) is 2.49. The second-order valence-electron chi connectivity index (χ2n) is 6.20. The van der Waals surface area contributed by atoms with E-state index in [2.05, 4.69) is 28.1 Å². The van der Waals surface area contributed by atoms with Crippen LogP contribution in [0.3, 0.4) is 0 Å². The lowest BCUT2D eigenvalue weighted by atomic mass is 9.88. The largest absolute Gasteiger partial charge is 0.458 e. The molecule has 5 heteroatoms. The molecule has 0 amide bonds. The van der Waals surface area contributed by atoms with Crippen molar-refractivity contribution in [3.63, 3.8) is 0 Å². The molecule has 0 unspecified atom stereocenters. The van der Waals surface area contributed by atoms with Gasteiger partial charge in [-0.2, -0.15) is 0 Å². The standard InChI is InChI=1S/C19H20FN3O/c20-15-7-5-14(6-8-15)18-17-4-2-1-3-13(17)9-10-23(18)19-22-12-16(11-21)24-19/h1-8,16,18H,9-12,21H2/t16-,18+/m1/s1. The first-order chi connectivity index (χ1) is 11.8. The number of rotatable bonds is 2. The summed E-state index contributed by atoms with van der Waals surface area (Å²) in [4.78, 5) is 6.72. The zero-order valence-electron chi connectivity index (χ0n) is 13.4. The zero-order chi connectivity index (χ0) is 16.5. The Morgan fingerprint density at radius 2 is 1.96 bits per heavy atom. The summed E-state index contributed by atoms with van der Waals surface area (Å²) in [6.45, 7) is 1.87. The molecule has 0 fully saturated rings. The summed E-state index contributed by atoms with van der Waals surface area (Å²) in [6, 6.07) is 15.7. The molecule has 0 saturated carbocycles. The van der Waals surface area contributed by atoms with E-state index in [1.165, 1.54) is 23.3 Å². The minimum Gasteiger partial charge on any atom is -0.458 e. The molecule has 0 aliphatic carbocycles. The van der Waals surface area contributed by atoms with Crippen LogP contribution in [0.5, 0.6) is 0 Å². The fraction of sp³-hybridized carbons (Fsp3) is 0.316. The van der Waals surface area contributed by atoms with Crippen LogP contribution < -0.4 is 5.73 Å². The Morgan fingerprint density at radius 1 is 1.17 bits per heavy atom. The Kier molecular flexibility index (Phi) is 3.94. The molecule has 124 valence electrons. The van der Waals surface area contributed by atoms with Gasteiger partial charge < -0.3 is 15.4 Å². The first-order valence-electron chi connectivity index (χ1n) is 8.27. The number of nitrogens with zero attached hydrogens (tertiary/aromatic N) is 2. The van der Waals surface area contributed by atoms with Crippen molar-refractivity contribution >= 4 is 6.02 Å². The fourth-order valence-electron chi connectivity index (χ4n) is 3.46. The Morgan fingerprint density at radius 3 is 2.71 bits per heavy atom. The van der Waals surface area contributed by atoms with Gasteiger partial charge in [-0.1, -0.05) is 36.4 Å². The third kappa shape index (κ3) is 2.65. The number of amidine groups is 1. The molecule has 2 aromatic rings. The van der Waals surface area contributed by atoms with Crippen molar-refractivity contribution in [3.8, 4) is 0 Å². The summed E-state index contributed by atoms with van der Waals surface area (Å²) in [7, 11) is 0. The van der Waals surface area contributed by atoms with Crippen molar-refractivity contribution < 1.29 is 9.13 Å². The van der Waals surface area contributed by atoms with E-state index in [0.29, 0.717) is 19.1 Å². The number of fused-ring (bicyclic) bond motifs is 1. The molecule has 24 heavy (non-hydrogen) atoms. The highest BCUT2D eigenvalue weighted by Crippen LogP contribution is 2.36. The van der Waals surface area contributed by atoms with E-state index in [0.717, 1.165) is 18.5 Å². The van der Waals surface area contributed by atoms with Crippen molar-refractivity contribution in [2.24, 2.45) is 10.7 Å². The average molecular weight is 325 g/mol. The van der Waals surface area contributed by atoms with Gasteiger partial charge in [0.25, 0.3) is 6.02 Å². The van der Waals surface area contributed by atoms with Gasteiger partial charge in [-0.3, -0.25) is 0 Å². The number of halogens is 1. The Balaban J connectivity index is 1.75. The Hall–Kier alpha value is -2.40. The zero-order valence-corrected chi connectivity index (χ0v) is 13.4. The number of ether oxygens (including phenoxy) is 1. The third-order valence-electron chi connectivity index (χ3n) is 4.68. The van der Waals surface area contributed by atoms with E-state index in [9.17, 15) is 4.39 Å². The average Bonchev–Trinajstić information content (AvgIpc) is 3.10. The van der Waals surface area contributed by atoms with E-state index >= 15 is 0 Å². The van der Waals surface area contributed by atoms with Crippen LogP contribution in [-0.2, 0) is 11.2 Å². The highest BCUT2D eigenvalue weighted by Gasteiger charge is 2.34. The number of benzene rings is 2. The summed E-state index contributed by atoms with van der Waals surface area (Å²) in [5.74, 6) is -0.230. The number of hydrogen-bond acceptors (Lipinski definition) is 4. The summed E-state index contributed by atoms with van der Waals surface area (Å²) < 4.78 is 19.3. The number of hydrogen-bond donors (Lipinski definition) is 1. The molecule has 2 atom stereocenters. The highest BCUT2D eigenvalue weighted by molar-refractivity contribution is 5.77. The quantitative estimate of drug-likeness (QED) is 0.923. The molecule has 4 rings (SSSR count). The molecule has 2 aliphatic heterocycles. The van der Waals surface area contributed by atoms with Crippen molar-refractivity contribution in [1.29, 1.82) is 0 Å². The Labute approximate surface area is 140 Å². The number of aliphatic imine (C=N–C) groups is 1. The van der Waals surface area contributed by atoms with Gasteiger partial charge in [-0.25, -0.2) is 9.38 Å². The topological polar surface area (TPSA) is 50.8 Å². The van der Waals surface area contributed by atoms with Crippen LogP contribution >= 0.6 is 0 Å². The molecular formula is C19H20FN3O. The maximum Gasteiger partial charge on any atom is 0.288 e. The van der Waals surface area contributed by atoms with Gasteiger partial charge >= 0.3 is 0 Å². The van der Waals surface area contributed by atoms with E-state index in [1.54, 1.807) is 0 Å². The Bertz CT molecular complexity index is 759. The van der Waals surface area contributed by atoms with Gasteiger partial charge in [-0.05, 0) is 35.2 Å². The maximum atomic E-state index is 13.4. The van der Waals surface area contributed by atoms with E-state index in [1.807, 2.05) is 18.2 Å². The van der Waals surface area contributed by atoms with Crippen LogP contribution in [0, 0.1) is 5.82 Å². The van der Waals surface area contributed by atoms with Crippen LogP contribution in [0.1, 0.15) is 22.7 Å². The summed E-state index contributed by atoms with van der Waals surface area (Å²) >= 11 is 0. The van der Waals surface area contributed by atoms with Gasteiger partial charge in [0.15, 0.2) is 0 Å². The van der Waals surface area contributed by atoms with Crippen molar-refractivity contribution in [2.75, 3.05) is 19.6 Å².